The Hall–Kier alpha value is -2.21. The Morgan fingerprint density at radius 2 is 1.93 bits per heavy atom. The van der Waals surface area contributed by atoms with E-state index in [0.717, 1.165) is 36.8 Å². The number of amides is 2. The fourth-order valence-corrected chi connectivity index (χ4v) is 4.80. The first-order valence-electron chi connectivity index (χ1n) is 10.4. The molecule has 0 radical (unpaired) electrons. The van der Waals surface area contributed by atoms with Gasteiger partial charge in [-0.3, -0.25) is 9.59 Å². The lowest BCUT2D eigenvalue weighted by molar-refractivity contribution is -0.141. The Kier molecular flexibility index (Phi) is 7.42. The molecular weight excluding hydrogens is 387 g/mol. The zero-order chi connectivity index (χ0) is 20.8. The summed E-state index contributed by atoms with van der Waals surface area (Å²) < 4.78 is 13.5. The molecule has 1 unspecified atom stereocenters. The van der Waals surface area contributed by atoms with E-state index in [1.165, 1.54) is 17.0 Å². The van der Waals surface area contributed by atoms with Gasteiger partial charge in [0.25, 0.3) is 0 Å². The van der Waals surface area contributed by atoms with E-state index in [1.807, 2.05) is 17.2 Å². The summed E-state index contributed by atoms with van der Waals surface area (Å²) in [6.07, 6.45) is 3.92. The van der Waals surface area contributed by atoms with Gasteiger partial charge in [-0.25, -0.2) is 4.39 Å². The van der Waals surface area contributed by atoms with E-state index in [9.17, 15) is 14.0 Å². The first-order chi connectivity index (χ1) is 14.0. The van der Waals surface area contributed by atoms with Gasteiger partial charge in [-0.2, -0.15) is 0 Å². The second kappa shape index (κ2) is 10.0. The lowest BCUT2D eigenvalue weighted by Gasteiger charge is -2.37. The maximum atomic E-state index is 13.5. The van der Waals surface area contributed by atoms with Crippen molar-refractivity contribution in [2.75, 3.05) is 19.6 Å². The Morgan fingerprint density at radius 1 is 1.17 bits per heavy atom. The van der Waals surface area contributed by atoms with Crippen LogP contribution in [0.3, 0.4) is 0 Å². The minimum atomic E-state index is -0.288. The lowest BCUT2D eigenvalue weighted by atomic mass is 9.93. The molecule has 0 bridgehead atoms. The van der Waals surface area contributed by atoms with Gasteiger partial charge < -0.3 is 9.80 Å². The molecular formula is C23H29FN2O2S. The van der Waals surface area contributed by atoms with E-state index in [2.05, 4.69) is 13.0 Å². The van der Waals surface area contributed by atoms with Crippen LogP contribution in [0.1, 0.15) is 61.6 Å². The molecule has 6 heteroatoms. The highest BCUT2D eigenvalue weighted by Gasteiger charge is 2.33. The van der Waals surface area contributed by atoms with E-state index in [1.54, 1.807) is 28.4 Å². The molecule has 0 spiro atoms. The number of hydrogen-bond acceptors (Lipinski definition) is 3. The van der Waals surface area contributed by atoms with E-state index in [0.29, 0.717) is 19.5 Å². The number of unbranched alkanes of at least 4 members (excludes halogenated alkanes) is 1. The summed E-state index contributed by atoms with van der Waals surface area (Å²) in [5.41, 5.74) is 2.01. The normalized spacial score (nSPS) is 15.8. The molecule has 3 rings (SSSR count). The van der Waals surface area contributed by atoms with Crippen molar-refractivity contribution in [3.8, 4) is 0 Å². The van der Waals surface area contributed by atoms with Crippen molar-refractivity contribution in [2.24, 2.45) is 0 Å². The number of hydrogen-bond donors (Lipinski definition) is 0. The van der Waals surface area contributed by atoms with Gasteiger partial charge in [-0.05, 0) is 54.0 Å². The molecule has 0 aliphatic carbocycles. The fourth-order valence-electron chi connectivity index (χ4n) is 3.89. The van der Waals surface area contributed by atoms with Crippen LogP contribution in [0.5, 0.6) is 0 Å². The summed E-state index contributed by atoms with van der Waals surface area (Å²) in [5, 5.41) is 2.05. The zero-order valence-electron chi connectivity index (χ0n) is 17.2. The lowest BCUT2D eigenvalue weighted by Crippen LogP contribution is -2.47. The van der Waals surface area contributed by atoms with E-state index in [4.69, 9.17) is 0 Å². The van der Waals surface area contributed by atoms with Gasteiger partial charge >= 0.3 is 0 Å². The molecule has 1 aliphatic heterocycles. The van der Waals surface area contributed by atoms with Gasteiger partial charge in [0.1, 0.15) is 5.82 Å². The minimum Gasteiger partial charge on any atom is -0.333 e. The summed E-state index contributed by atoms with van der Waals surface area (Å²) in [4.78, 5) is 30.7. The third-order valence-electron chi connectivity index (χ3n) is 5.39. The highest BCUT2D eigenvalue weighted by Crippen LogP contribution is 2.37. The zero-order valence-corrected chi connectivity index (χ0v) is 18.0. The van der Waals surface area contributed by atoms with Crippen molar-refractivity contribution in [1.82, 2.24) is 9.80 Å². The van der Waals surface area contributed by atoms with Crippen molar-refractivity contribution < 1.29 is 14.0 Å². The molecule has 1 aromatic heterocycles. The average molecular weight is 417 g/mol. The predicted molar refractivity (Wildman–Crippen MR) is 114 cm³/mol. The molecule has 1 atom stereocenters. The van der Waals surface area contributed by atoms with Crippen LogP contribution in [0.25, 0.3) is 0 Å². The molecule has 0 N–H and O–H groups in total. The summed E-state index contributed by atoms with van der Waals surface area (Å²) in [6, 6.07) is 8.22. The summed E-state index contributed by atoms with van der Waals surface area (Å²) in [6.45, 7) is 5.38. The molecule has 156 valence electrons. The van der Waals surface area contributed by atoms with Crippen LogP contribution in [0.2, 0.25) is 0 Å². The van der Waals surface area contributed by atoms with E-state index < -0.39 is 0 Å². The van der Waals surface area contributed by atoms with Crippen molar-refractivity contribution in [3.05, 3.63) is 57.5 Å². The number of thiophene rings is 1. The van der Waals surface area contributed by atoms with Gasteiger partial charge in [-0.1, -0.05) is 32.4 Å². The Labute approximate surface area is 176 Å². The van der Waals surface area contributed by atoms with Gasteiger partial charge in [0.15, 0.2) is 0 Å². The van der Waals surface area contributed by atoms with E-state index >= 15 is 0 Å². The standard InChI is InChI=1S/C23H29FN2O2S/c1-3-5-6-21(27)25(13-4-2)16-22(28)26-14-11-20-19(12-15-29-20)23(26)17-7-9-18(24)10-8-17/h7-10,12,15,23H,3-6,11,13-14,16H2,1-2H3. The van der Waals surface area contributed by atoms with Crippen molar-refractivity contribution in [1.29, 1.82) is 0 Å². The largest absolute Gasteiger partial charge is 0.333 e. The van der Waals surface area contributed by atoms with E-state index in [-0.39, 0.29) is 30.2 Å². The Balaban J connectivity index is 1.83. The molecule has 4 nitrogen and oxygen atoms in total. The number of nitrogens with zero attached hydrogens (tertiary/aromatic N) is 2. The van der Waals surface area contributed by atoms with Gasteiger partial charge in [-0.15, -0.1) is 11.3 Å². The third-order valence-corrected chi connectivity index (χ3v) is 6.39. The first kappa shape index (κ1) is 21.5. The minimum absolute atomic E-state index is 0.0468. The maximum Gasteiger partial charge on any atom is 0.242 e. The van der Waals surface area contributed by atoms with Gasteiger partial charge in [0, 0.05) is 24.4 Å². The molecule has 2 aromatic rings. The number of carbonyl (C=O) groups excluding carboxylic acids is 2. The van der Waals surface area contributed by atoms with Crippen LogP contribution in [0, 0.1) is 5.82 Å². The molecule has 0 saturated heterocycles. The summed E-state index contributed by atoms with van der Waals surface area (Å²) in [7, 11) is 0. The Morgan fingerprint density at radius 3 is 2.62 bits per heavy atom. The SMILES string of the molecule is CCCCC(=O)N(CCC)CC(=O)N1CCc2sccc2C1c1ccc(F)cc1. The highest BCUT2D eigenvalue weighted by molar-refractivity contribution is 7.10. The van der Waals surface area contributed by atoms with Gasteiger partial charge in [0.05, 0.1) is 12.6 Å². The predicted octanol–water partition coefficient (Wildman–Crippen LogP) is 4.79. The number of fused-ring (bicyclic) bond motifs is 1. The average Bonchev–Trinajstić information content (AvgIpc) is 3.20. The quantitative estimate of drug-likeness (QED) is 0.621. The van der Waals surface area contributed by atoms with Crippen LogP contribution in [-0.2, 0) is 16.0 Å². The number of carbonyl (C=O) groups is 2. The van der Waals surface area contributed by atoms with Crippen molar-refractivity contribution in [3.63, 3.8) is 0 Å². The number of benzene rings is 1. The molecule has 2 heterocycles. The molecule has 0 saturated carbocycles. The van der Waals surface area contributed by atoms with Crippen LogP contribution in [-0.4, -0.2) is 41.2 Å². The van der Waals surface area contributed by atoms with Crippen LogP contribution < -0.4 is 0 Å². The number of rotatable bonds is 8. The smallest absolute Gasteiger partial charge is 0.242 e. The molecule has 1 aromatic carbocycles. The van der Waals surface area contributed by atoms with Crippen molar-refractivity contribution in [2.45, 2.75) is 52.0 Å². The fraction of sp³-hybridized carbons (Fsp3) is 0.478. The topological polar surface area (TPSA) is 40.6 Å². The van der Waals surface area contributed by atoms with Gasteiger partial charge in [0.2, 0.25) is 11.8 Å². The number of halogens is 1. The first-order valence-corrected chi connectivity index (χ1v) is 11.3. The second-order valence-corrected chi connectivity index (χ2v) is 8.51. The highest BCUT2D eigenvalue weighted by atomic mass is 32.1. The summed E-state index contributed by atoms with van der Waals surface area (Å²) >= 11 is 1.70. The molecule has 0 fully saturated rings. The Bertz CT molecular complexity index is 834. The van der Waals surface area contributed by atoms with Crippen LogP contribution in [0.4, 0.5) is 4.39 Å². The van der Waals surface area contributed by atoms with Crippen LogP contribution in [0.15, 0.2) is 35.7 Å². The summed E-state index contributed by atoms with van der Waals surface area (Å²) in [5.74, 6) is -0.285. The second-order valence-electron chi connectivity index (χ2n) is 7.51. The maximum absolute atomic E-state index is 13.5. The van der Waals surface area contributed by atoms with Crippen molar-refractivity contribution >= 4 is 23.2 Å². The molecule has 2 amide bonds. The molecule has 29 heavy (non-hydrogen) atoms. The monoisotopic (exact) mass is 416 g/mol. The van der Waals surface area contributed by atoms with Crippen LogP contribution >= 0.6 is 11.3 Å². The molecule has 1 aliphatic rings. The third kappa shape index (κ3) is 5.04.